The molecule has 0 aliphatic rings. The summed E-state index contributed by atoms with van der Waals surface area (Å²) >= 11 is 1.71. The molecule has 1 aromatic heterocycles. The van der Waals surface area contributed by atoms with Crippen LogP contribution in [-0.2, 0) is 16.8 Å². The number of ether oxygens (including phenoxy) is 2. The highest BCUT2D eigenvalue weighted by atomic mass is 32.1. The zero-order chi connectivity index (χ0) is 30.9. The van der Waals surface area contributed by atoms with Gasteiger partial charge in [0, 0.05) is 18.1 Å². The van der Waals surface area contributed by atoms with Gasteiger partial charge in [-0.3, -0.25) is 4.79 Å². The molecular formula is C37H55N2O3S+. The highest BCUT2D eigenvalue weighted by Gasteiger charge is 2.23. The van der Waals surface area contributed by atoms with E-state index in [-0.39, 0.29) is 17.9 Å². The number of nitrogens with zero attached hydrogens (tertiary/aromatic N) is 1. The first kappa shape index (κ1) is 34.6. The Morgan fingerprint density at radius 2 is 1.49 bits per heavy atom. The van der Waals surface area contributed by atoms with Gasteiger partial charge in [0.2, 0.25) is 5.01 Å². The van der Waals surface area contributed by atoms with E-state index in [0.717, 1.165) is 29.0 Å². The fourth-order valence-corrected chi connectivity index (χ4v) is 5.98. The van der Waals surface area contributed by atoms with Crippen LogP contribution >= 0.6 is 11.3 Å². The maximum atomic E-state index is 13.0. The minimum Gasteiger partial charge on any atom is -0.489 e. The Kier molecular flexibility index (Phi) is 15.1. The number of hydrogen-bond donors (Lipinski definition) is 1. The third-order valence-electron chi connectivity index (χ3n) is 7.91. The number of nitrogens with one attached hydrogen (secondary N) is 1. The van der Waals surface area contributed by atoms with Gasteiger partial charge in [-0.2, -0.15) is 4.57 Å². The van der Waals surface area contributed by atoms with E-state index in [1.165, 1.54) is 75.6 Å². The molecule has 0 atom stereocenters. The van der Waals surface area contributed by atoms with Crippen molar-refractivity contribution in [2.45, 2.75) is 124 Å². The van der Waals surface area contributed by atoms with Crippen LogP contribution in [0, 0.1) is 6.92 Å². The summed E-state index contributed by atoms with van der Waals surface area (Å²) in [4.78, 5) is 13.0. The van der Waals surface area contributed by atoms with Gasteiger partial charge >= 0.3 is 0 Å². The molecule has 43 heavy (non-hydrogen) atoms. The van der Waals surface area contributed by atoms with E-state index in [1.54, 1.807) is 11.3 Å². The van der Waals surface area contributed by atoms with E-state index in [1.807, 2.05) is 30.3 Å². The lowest BCUT2D eigenvalue weighted by Gasteiger charge is -2.24. The van der Waals surface area contributed by atoms with Crippen molar-refractivity contribution in [1.82, 2.24) is 0 Å². The molecule has 2 aromatic carbocycles. The fraction of sp³-hybridized carbons (Fsp3) is 0.568. The van der Waals surface area contributed by atoms with Crippen LogP contribution in [0.5, 0.6) is 11.5 Å². The number of benzene rings is 2. The normalized spacial score (nSPS) is 11.5. The Labute approximate surface area is 265 Å². The average molecular weight is 608 g/mol. The number of rotatable bonds is 20. The lowest BCUT2D eigenvalue weighted by Crippen LogP contribution is -2.34. The molecule has 0 saturated heterocycles. The number of thiazole rings is 1. The molecule has 0 radical (unpaired) electrons. The highest BCUT2D eigenvalue weighted by molar-refractivity contribution is 7.09. The summed E-state index contributed by atoms with van der Waals surface area (Å²) in [5.41, 5.74) is 2.85. The molecule has 3 rings (SSSR count). The predicted molar refractivity (Wildman–Crippen MR) is 181 cm³/mol. The maximum Gasteiger partial charge on any atom is 0.262 e. The molecule has 0 fully saturated rings. The smallest absolute Gasteiger partial charge is 0.262 e. The van der Waals surface area contributed by atoms with Gasteiger partial charge in [-0.15, -0.1) is 0 Å². The second-order valence-corrected chi connectivity index (χ2v) is 13.8. The van der Waals surface area contributed by atoms with Crippen molar-refractivity contribution >= 4 is 22.9 Å². The molecule has 0 saturated carbocycles. The molecule has 0 unspecified atom stereocenters. The number of carbonyl (C=O) groups is 1. The third kappa shape index (κ3) is 12.3. The van der Waals surface area contributed by atoms with Gasteiger partial charge in [0.1, 0.15) is 0 Å². The molecule has 6 heteroatoms. The predicted octanol–water partition coefficient (Wildman–Crippen LogP) is 9.79. The number of unbranched alkanes of at least 4 members (excludes halogenated alkanes) is 11. The number of hydrogen-bond acceptors (Lipinski definition) is 4. The molecule has 5 nitrogen and oxygen atoms in total. The standard InChI is InChI=1S/C37H54N2O3S/c1-6-7-8-9-10-11-12-13-14-15-16-19-26-41-36-32(37(3,4)5)22-20-24-34(36)42-29-35(40)38-33-23-18-17-21-31(33)28-39-25-27-43-30(39)2/h17-18,20-25,27H,6-16,19,26,28-29H2,1-5H3/p+1. The monoisotopic (exact) mass is 607 g/mol. The Hall–Kier alpha value is -2.86. The summed E-state index contributed by atoms with van der Waals surface area (Å²) in [6.45, 7) is 12.2. The summed E-state index contributed by atoms with van der Waals surface area (Å²) in [7, 11) is 0. The zero-order valence-corrected chi connectivity index (χ0v) is 28.2. The quantitative estimate of drug-likeness (QED) is 0.103. The van der Waals surface area contributed by atoms with Gasteiger partial charge in [-0.1, -0.05) is 140 Å². The van der Waals surface area contributed by atoms with E-state index in [0.29, 0.717) is 18.9 Å². The summed E-state index contributed by atoms with van der Waals surface area (Å²) in [6.07, 6.45) is 17.9. The number of anilines is 1. The van der Waals surface area contributed by atoms with Gasteiger partial charge in [-0.05, 0) is 24.0 Å². The molecule has 1 heterocycles. The Balaban J connectivity index is 1.48. The van der Waals surface area contributed by atoms with E-state index < -0.39 is 0 Å². The first-order valence-corrected chi connectivity index (χ1v) is 17.4. The van der Waals surface area contributed by atoms with E-state index in [2.05, 4.69) is 68.2 Å². The van der Waals surface area contributed by atoms with Crippen LogP contribution in [-0.4, -0.2) is 19.1 Å². The Bertz CT molecular complexity index is 1230. The molecule has 1 amide bonds. The van der Waals surface area contributed by atoms with Crippen LogP contribution in [0.15, 0.2) is 54.0 Å². The lowest BCUT2D eigenvalue weighted by atomic mass is 9.86. The van der Waals surface area contributed by atoms with E-state index in [9.17, 15) is 4.79 Å². The van der Waals surface area contributed by atoms with Crippen LogP contribution in [0.25, 0.3) is 0 Å². The SMILES string of the molecule is CCCCCCCCCCCCCCOc1c(OCC(=O)Nc2ccccc2C[n+]2ccsc2C)cccc1C(C)(C)C. The number of aromatic nitrogens is 1. The molecule has 236 valence electrons. The second kappa shape index (κ2) is 18.7. The summed E-state index contributed by atoms with van der Waals surface area (Å²) < 4.78 is 14.6. The molecular weight excluding hydrogens is 552 g/mol. The summed E-state index contributed by atoms with van der Waals surface area (Å²) in [5, 5.41) is 6.36. The molecule has 0 aliphatic carbocycles. The van der Waals surface area contributed by atoms with Gasteiger partial charge in [-0.25, -0.2) is 0 Å². The summed E-state index contributed by atoms with van der Waals surface area (Å²) in [5.74, 6) is 1.20. The molecule has 0 spiro atoms. The molecule has 0 bridgehead atoms. The van der Waals surface area contributed by atoms with Crippen molar-refractivity contribution in [3.8, 4) is 11.5 Å². The van der Waals surface area contributed by atoms with Gasteiger partial charge in [0.05, 0.1) is 17.7 Å². The topological polar surface area (TPSA) is 51.4 Å². The number of aryl methyl sites for hydroxylation is 1. The van der Waals surface area contributed by atoms with E-state index >= 15 is 0 Å². The van der Waals surface area contributed by atoms with Crippen molar-refractivity contribution in [3.63, 3.8) is 0 Å². The number of carbonyl (C=O) groups excluding carboxylic acids is 1. The van der Waals surface area contributed by atoms with Crippen LogP contribution in [0.4, 0.5) is 5.69 Å². The second-order valence-electron chi connectivity index (χ2n) is 12.7. The van der Waals surface area contributed by atoms with Crippen molar-refractivity contribution in [2.75, 3.05) is 18.5 Å². The first-order chi connectivity index (χ1) is 20.8. The average Bonchev–Trinajstić information content (AvgIpc) is 3.39. The Morgan fingerprint density at radius 3 is 2.12 bits per heavy atom. The maximum absolute atomic E-state index is 13.0. The Morgan fingerprint density at radius 1 is 0.837 bits per heavy atom. The van der Waals surface area contributed by atoms with Crippen LogP contribution in [0.2, 0.25) is 0 Å². The first-order valence-electron chi connectivity index (χ1n) is 16.5. The van der Waals surface area contributed by atoms with Crippen LogP contribution in [0.3, 0.4) is 0 Å². The van der Waals surface area contributed by atoms with Gasteiger partial charge in [0.25, 0.3) is 5.91 Å². The zero-order valence-electron chi connectivity index (χ0n) is 27.4. The lowest BCUT2D eigenvalue weighted by molar-refractivity contribution is -0.689. The van der Waals surface area contributed by atoms with Crippen molar-refractivity contribution < 1.29 is 18.8 Å². The van der Waals surface area contributed by atoms with Crippen LogP contribution in [0.1, 0.15) is 121 Å². The van der Waals surface area contributed by atoms with Crippen molar-refractivity contribution in [1.29, 1.82) is 0 Å². The number of amides is 1. The molecule has 0 aliphatic heterocycles. The minimum atomic E-state index is -0.187. The fourth-order valence-electron chi connectivity index (χ4n) is 5.32. The third-order valence-corrected chi connectivity index (χ3v) is 8.74. The van der Waals surface area contributed by atoms with E-state index in [4.69, 9.17) is 9.47 Å². The van der Waals surface area contributed by atoms with Crippen LogP contribution < -0.4 is 19.4 Å². The number of para-hydroxylation sites is 2. The summed E-state index contributed by atoms with van der Waals surface area (Å²) in [6, 6.07) is 13.9. The highest BCUT2D eigenvalue weighted by Crippen LogP contribution is 2.38. The van der Waals surface area contributed by atoms with Gasteiger partial charge in [0.15, 0.2) is 30.8 Å². The van der Waals surface area contributed by atoms with Crippen molar-refractivity contribution in [2.24, 2.45) is 0 Å². The van der Waals surface area contributed by atoms with Gasteiger partial charge < -0.3 is 14.8 Å². The largest absolute Gasteiger partial charge is 0.489 e. The molecule has 3 aromatic rings. The van der Waals surface area contributed by atoms with Crippen molar-refractivity contribution in [3.05, 3.63) is 70.2 Å². The molecule has 1 N–H and O–H groups in total. The minimum absolute atomic E-state index is 0.0818.